The number of halogens is 2. The summed E-state index contributed by atoms with van der Waals surface area (Å²) < 4.78 is 5.05. The number of carbonyl (C=O) groups excluding carboxylic acids is 2. The molecule has 5 nitrogen and oxygen atoms in total. The Morgan fingerprint density at radius 2 is 1.88 bits per heavy atom. The number of aromatic amines is 1. The van der Waals surface area contributed by atoms with Gasteiger partial charge >= 0.3 is 5.97 Å². The van der Waals surface area contributed by atoms with Gasteiger partial charge in [0.05, 0.1) is 15.6 Å². The smallest absolute Gasteiger partial charge is 0.340 e. The molecule has 0 saturated carbocycles. The Morgan fingerprint density at radius 1 is 1.08 bits per heavy atom. The molecule has 122 valence electrons. The molecule has 0 atom stereocenters. The van der Waals surface area contributed by atoms with E-state index in [1.807, 2.05) is 18.2 Å². The Morgan fingerprint density at radius 3 is 2.67 bits per heavy atom. The minimum Gasteiger partial charge on any atom is -0.452 e. The summed E-state index contributed by atoms with van der Waals surface area (Å²) in [6.07, 6.45) is 1.56. The third kappa shape index (κ3) is 3.53. The van der Waals surface area contributed by atoms with Gasteiger partial charge in [-0.05, 0) is 24.3 Å². The Bertz CT molecular complexity index is 921. The zero-order chi connectivity index (χ0) is 17.1. The molecule has 0 unspecified atom stereocenters. The quantitative estimate of drug-likeness (QED) is 0.680. The topological polar surface area (TPSA) is 71.2 Å². The lowest BCUT2D eigenvalue weighted by Gasteiger charge is -2.07. The first-order valence-corrected chi connectivity index (χ1v) is 7.78. The molecule has 0 radical (unpaired) electrons. The maximum absolute atomic E-state index is 12.1. The van der Waals surface area contributed by atoms with Crippen molar-refractivity contribution in [1.82, 2.24) is 4.98 Å². The van der Waals surface area contributed by atoms with E-state index >= 15 is 0 Å². The molecular formula is C17H12Cl2N2O3. The van der Waals surface area contributed by atoms with Gasteiger partial charge in [0.2, 0.25) is 0 Å². The summed E-state index contributed by atoms with van der Waals surface area (Å²) in [4.78, 5) is 27.0. The van der Waals surface area contributed by atoms with Gasteiger partial charge < -0.3 is 15.0 Å². The highest BCUT2D eigenvalue weighted by molar-refractivity contribution is 6.42. The molecule has 0 aliphatic rings. The molecule has 0 bridgehead atoms. The molecule has 1 aromatic heterocycles. The van der Waals surface area contributed by atoms with E-state index in [4.69, 9.17) is 27.9 Å². The number of aromatic nitrogens is 1. The minimum atomic E-state index is -0.572. The molecule has 2 aromatic carbocycles. The summed E-state index contributed by atoms with van der Waals surface area (Å²) >= 11 is 11.7. The zero-order valence-corrected chi connectivity index (χ0v) is 13.8. The molecule has 0 fully saturated rings. The highest BCUT2D eigenvalue weighted by atomic mass is 35.5. The number of carbonyl (C=O) groups is 2. The van der Waals surface area contributed by atoms with Crippen LogP contribution in [-0.2, 0) is 9.53 Å². The van der Waals surface area contributed by atoms with Crippen LogP contribution in [0.3, 0.4) is 0 Å². The van der Waals surface area contributed by atoms with Crippen molar-refractivity contribution in [2.45, 2.75) is 0 Å². The molecule has 1 amide bonds. The monoisotopic (exact) mass is 362 g/mol. The van der Waals surface area contributed by atoms with Gasteiger partial charge in [0.1, 0.15) is 0 Å². The molecule has 3 aromatic rings. The molecule has 7 heteroatoms. The largest absolute Gasteiger partial charge is 0.452 e. The van der Waals surface area contributed by atoms with Crippen molar-refractivity contribution in [3.05, 3.63) is 64.3 Å². The number of hydrogen-bond acceptors (Lipinski definition) is 3. The number of hydrogen-bond donors (Lipinski definition) is 2. The first-order chi connectivity index (χ1) is 11.5. The van der Waals surface area contributed by atoms with Crippen LogP contribution in [0.15, 0.2) is 48.7 Å². The van der Waals surface area contributed by atoms with Gasteiger partial charge in [-0.15, -0.1) is 0 Å². The molecule has 2 N–H and O–H groups in total. The zero-order valence-electron chi connectivity index (χ0n) is 12.3. The third-order valence-electron chi connectivity index (χ3n) is 3.35. The average Bonchev–Trinajstić information content (AvgIpc) is 3.00. The van der Waals surface area contributed by atoms with Crippen LogP contribution in [0.4, 0.5) is 5.69 Å². The van der Waals surface area contributed by atoms with Crippen molar-refractivity contribution in [3.8, 4) is 0 Å². The lowest BCUT2D eigenvalue weighted by Crippen LogP contribution is -2.20. The summed E-state index contributed by atoms with van der Waals surface area (Å²) in [5.74, 6) is -1.04. The second-order valence-electron chi connectivity index (χ2n) is 5.00. The number of ether oxygens (including phenoxy) is 1. The number of rotatable bonds is 4. The average molecular weight is 363 g/mol. The van der Waals surface area contributed by atoms with Crippen molar-refractivity contribution in [1.29, 1.82) is 0 Å². The Hall–Kier alpha value is -2.50. The van der Waals surface area contributed by atoms with Crippen molar-refractivity contribution in [3.63, 3.8) is 0 Å². The van der Waals surface area contributed by atoms with E-state index in [0.717, 1.165) is 10.9 Å². The number of fused-ring (bicyclic) bond motifs is 1. The number of para-hydroxylation sites is 1. The summed E-state index contributed by atoms with van der Waals surface area (Å²) in [5.41, 5.74) is 1.68. The summed E-state index contributed by atoms with van der Waals surface area (Å²) in [6, 6.07) is 12.0. The predicted octanol–water partition coefficient (Wildman–Crippen LogP) is 4.27. The van der Waals surface area contributed by atoms with Crippen molar-refractivity contribution >= 4 is 51.7 Å². The van der Waals surface area contributed by atoms with Gasteiger partial charge in [0, 0.05) is 22.8 Å². The number of anilines is 1. The first-order valence-electron chi connectivity index (χ1n) is 7.03. The Kier molecular flexibility index (Phi) is 4.74. The highest BCUT2D eigenvalue weighted by Gasteiger charge is 2.15. The molecule has 0 aliphatic carbocycles. The fraction of sp³-hybridized carbons (Fsp3) is 0.0588. The van der Waals surface area contributed by atoms with Crippen LogP contribution in [0.1, 0.15) is 10.4 Å². The SMILES string of the molecule is O=C(COC(=O)c1c[nH]c2ccccc12)Nc1ccc(Cl)c(Cl)c1. The molecule has 0 aliphatic heterocycles. The van der Waals surface area contributed by atoms with Crippen LogP contribution in [0.25, 0.3) is 10.9 Å². The number of nitrogens with one attached hydrogen (secondary N) is 2. The van der Waals surface area contributed by atoms with E-state index < -0.39 is 18.5 Å². The lowest BCUT2D eigenvalue weighted by atomic mass is 10.2. The highest BCUT2D eigenvalue weighted by Crippen LogP contribution is 2.25. The number of H-pyrrole nitrogens is 1. The summed E-state index contributed by atoms with van der Waals surface area (Å²) in [7, 11) is 0. The minimum absolute atomic E-state index is 0.324. The molecule has 3 rings (SSSR count). The molecule has 24 heavy (non-hydrogen) atoms. The second kappa shape index (κ2) is 6.95. The summed E-state index contributed by atoms with van der Waals surface area (Å²) in [6.45, 7) is -0.404. The van der Waals surface area contributed by atoms with Crippen LogP contribution in [-0.4, -0.2) is 23.5 Å². The van der Waals surface area contributed by atoms with Gasteiger partial charge in [0.25, 0.3) is 5.91 Å². The van der Waals surface area contributed by atoms with E-state index in [-0.39, 0.29) is 0 Å². The van der Waals surface area contributed by atoms with Gasteiger partial charge in [-0.25, -0.2) is 4.79 Å². The van der Waals surface area contributed by atoms with Crippen molar-refractivity contribution in [2.75, 3.05) is 11.9 Å². The second-order valence-corrected chi connectivity index (χ2v) is 5.82. The van der Waals surface area contributed by atoms with Crippen LogP contribution in [0, 0.1) is 0 Å². The van der Waals surface area contributed by atoms with E-state index in [1.54, 1.807) is 24.4 Å². The van der Waals surface area contributed by atoms with Gasteiger partial charge in [-0.2, -0.15) is 0 Å². The fourth-order valence-corrected chi connectivity index (χ4v) is 2.52. The molecule has 0 saturated heterocycles. The normalized spacial score (nSPS) is 10.6. The maximum Gasteiger partial charge on any atom is 0.340 e. The molecular weight excluding hydrogens is 351 g/mol. The molecule has 0 spiro atoms. The van der Waals surface area contributed by atoms with Crippen molar-refractivity contribution in [2.24, 2.45) is 0 Å². The number of esters is 1. The van der Waals surface area contributed by atoms with Crippen LogP contribution in [0.2, 0.25) is 10.0 Å². The first kappa shape index (κ1) is 16.4. The van der Waals surface area contributed by atoms with Crippen LogP contribution >= 0.6 is 23.2 Å². The standard InChI is InChI=1S/C17H12Cl2N2O3/c18-13-6-5-10(7-14(13)19)21-16(22)9-24-17(23)12-8-20-15-4-2-1-3-11(12)15/h1-8,20H,9H2,(H,21,22). The van der Waals surface area contributed by atoms with Crippen LogP contribution < -0.4 is 5.32 Å². The van der Waals surface area contributed by atoms with E-state index in [0.29, 0.717) is 21.3 Å². The van der Waals surface area contributed by atoms with Gasteiger partial charge in [-0.1, -0.05) is 41.4 Å². The van der Waals surface area contributed by atoms with E-state index in [1.165, 1.54) is 6.07 Å². The Balaban J connectivity index is 1.61. The van der Waals surface area contributed by atoms with Gasteiger partial charge in [-0.3, -0.25) is 4.79 Å². The maximum atomic E-state index is 12.1. The number of amides is 1. The predicted molar refractivity (Wildman–Crippen MR) is 93.7 cm³/mol. The van der Waals surface area contributed by atoms with E-state index in [9.17, 15) is 9.59 Å². The molecule has 1 heterocycles. The number of benzene rings is 2. The lowest BCUT2D eigenvalue weighted by molar-refractivity contribution is -0.119. The Labute approximate surface area is 147 Å². The third-order valence-corrected chi connectivity index (χ3v) is 4.09. The van der Waals surface area contributed by atoms with Gasteiger partial charge in [0.15, 0.2) is 6.61 Å². The summed E-state index contributed by atoms with van der Waals surface area (Å²) in [5, 5.41) is 4.04. The fourth-order valence-electron chi connectivity index (χ4n) is 2.22. The van der Waals surface area contributed by atoms with E-state index in [2.05, 4.69) is 10.3 Å². The van der Waals surface area contributed by atoms with Crippen LogP contribution in [0.5, 0.6) is 0 Å². The van der Waals surface area contributed by atoms with Crippen molar-refractivity contribution < 1.29 is 14.3 Å².